The van der Waals surface area contributed by atoms with Gasteiger partial charge in [0, 0.05) is 10.9 Å². The van der Waals surface area contributed by atoms with Crippen LogP contribution < -0.4 is 5.63 Å². The van der Waals surface area contributed by atoms with E-state index in [1.165, 1.54) is 6.07 Å². The van der Waals surface area contributed by atoms with Gasteiger partial charge in [0.15, 0.2) is 12.4 Å². The first-order chi connectivity index (χ1) is 12.5. The van der Waals surface area contributed by atoms with Gasteiger partial charge in [-0.05, 0) is 23.6 Å². The average Bonchev–Trinajstić information content (AvgIpc) is 2.65. The first-order valence-electron chi connectivity index (χ1n) is 8.29. The fraction of sp³-hybridized carbons (Fsp3) is 0.190. The van der Waals surface area contributed by atoms with E-state index >= 15 is 0 Å². The van der Waals surface area contributed by atoms with Crippen LogP contribution in [0.1, 0.15) is 46.0 Å². The lowest BCUT2D eigenvalue weighted by Gasteiger charge is -2.07. The summed E-state index contributed by atoms with van der Waals surface area (Å²) in [4.78, 5) is 36.3. The normalized spacial score (nSPS) is 10.9. The Morgan fingerprint density at radius 2 is 1.73 bits per heavy atom. The van der Waals surface area contributed by atoms with Crippen LogP contribution in [0, 0.1) is 0 Å². The predicted molar refractivity (Wildman–Crippen MR) is 97.6 cm³/mol. The second-order valence-electron chi connectivity index (χ2n) is 6.26. The van der Waals surface area contributed by atoms with Crippen LogP contribution in [0.15, 0.2) is 63.8 Å². The lowest BCUT2D eigenvalue weighted by Crippen LogP contribution is -2.20. The van der Waals surface area contributed by atoms with E-state index in [2.05, 4.69) is 13.8 Å². The molecule has 0 atom stereocenters. The van der Waals surface area contributed by atoms with E-state index < -0.39 is 18.2 Å². The average molecular weight is 350 g/mol. The number of hydrogen-bond donors (Lipinski definition) is 0. The first-order valence-corrected chi connectivity index (χ1v) is 8.29. The number of hydrogen-bond acceptors (Lipinski definition) is 5. The Bertz CT molecular complexity index is 1010. The van der Waals surface area contributed by atoms with Gasteiger partial charge in [-0.25, -0.2) is 9.59 Å². The third-order valence-corrected chi connectivity index (χ3v) is 4.10. The number of Topliss-reactive ketones (excluding diaryl/α,β-unsaturated/α-hetero) is 1. The molecule has 5 heteroatoms. The molecule has 0 spiro atoms. The van der Waals surface area contributed by atoms with Gasteiger partial charge in [-0.3, -0.25) is 4.79 Å². The number of ketones is 1. The molecule has 0 N–H and O–H groups in total. The Kier molecular flexibility index (Phi) is 4.98. The minimum atomic E-state index is -0.878. The Morgan fingerprint density at radius 1 is 1.04 bits per heavy atom. The van der Waals surface area contributed by atoms with Crippen molar-refractivity contribution in [3.05, 3.63) is 81.7 Å². The highest BCUT2D eigenvalue weighted by Crippen LogP contribution is 2.16. The molecule has 3 rings (SSSR count). The van der Waals surface area contributed by atoms with Crippen molar-refractivity contribution in [3.63, 3.8) is 0 Å². The second kappa shape index (κ2) is 7.35. The van der Waals surface area contributed by atoms with Crippen LogP contribution in [0.5, 0.6) is 0 Å². The monoisotopic (exact) mass is 350 g/mol. The summed E-state index contributed by atoms with van der Waals surface area (Å²) in [7, 11) is 0. The van der Waals surface area contributed by atoms with Gasteiger partial charge < -0.3 is 9.15 Å². The second-order valence-corrected chi connectivity index (χ2v) is 6.26. The van der Waals surface area contributed by atoms with Crippen molar-refractivity contribution < 1.29 is 18.7 Å². The molecule has 0 saturated carbocycles. The first kappa shape index (κ1) is 17.6. The molecule has 132 valence electrons. The van der Waals surface area contributed by atoms with Crippen LogP contribution in [0.3, 0.4) is 0 Å². The molecule has 0 radical (unpaired) electrons. The lowest BCUT2D eigenvalue weighted by molar-refractivity contribution is 0.0470. The van der Waals surface area contributed by atoms with Crippen molar-refractivity contribution in [2.75, 3.05) is 6.61 Å². The molecule has 0 amide bonds. The molecular formula is C21H18O5. The van der Waals surface area contributed by atoms with Gasteiger partial charge >= 0.3 is 11.6 Å². The Balaban J connectivity index is 1.71. The smallest absolute Gasteiger partial charge is 0.351 e. The van der Waals surface area contributed by atoms with Crippen LogP contribution >= 0.6 is 0 Å². The standard InChI is InChI=1S/C21H18O5/c1-13(2)14-7-9-15(10-8-14)18(22)12-25-20(23)17-11-16-5-3-4-6-19(16)26-21(17)24/h3-11,13H,12H2,1-2H3. The van der Waals surface area contributed by atoms with E-state index in [-0.39, 0.29) is 11.3 Å². The number of carbonyl (C=O) groups is 2. The molecule has 0 fully saturated rings. The summed E-state index contributed by atoms with van der Waals surface area (Å²) in [6.45, 7) is 3.69. The van der Waals surface area contributed by atoms with Crippen molar-refractivity contribution in [1.82, 2.24) is 0 Å². The highest BCUT2D eigenvalue weighted by Gasteiger charge is 2.17. The summed E-state index contributed by atoms with van der Waals surface area (Å²) in [6, 6.07) is 15.4. The fourth-order valence-corrected chi connectivity index (χ4v) is 2.55. The Labute approximate surface area is 150 Å². The lowest BCUT2D eigenvalue weighted by atomic mass is 10.0. The van der Waals surface area contributed by atoms with Crippen LogP contribution in [0.25, 0.3) is 11.0 Å². The van der Waals surface area contributed by atoms with Crippen molar-refractivity contribution in [2.24, 2.45) is 0 Å². The zero-order valence-corrected chi connectivity index (χ0v) is 14.5. The van der Waals surface area contributed by atoms with Crippen LogP contribution in [-0.4, -0.2) is 18.4 Å². The molecule has 0 unspecified atom stereocenters. The molecule has 26 heavy (non-hydrogen) atoms. The molecule has 0 saturated heterocycles. The van der Waals surface area contributed by atoms with Gasteiger partial charge in [0.1, 0.15) is 11.1 Å². The Morgan fingerprint density at radius 3 is 2.42 bits per heavy atom. The largest absolute Gasteiger partial charge is 0.453 e. The van der Waals surface area contributed by atoms with Gasteiger partial charge in [0.05, 0.1) is 0 Å². The van der Waals surface area contributed by atoms with Gasteiger partial charge in [-0.1, -0.05) is 56.3 Å². The van der Waals surface area contributed by atoms with Crippen molar-refractivity contribution >= 4 is 22.7 Å². The maximum Gasteiger partial charge on any atom is 0.351 e. The highest BCUT2D eigenvalue weighted by atomic mass is 16.5. The number of fused-ring (bicyclic) bond motifs is 1. The number of carbonyl (C=O) groups excluding carboxylic acids is 2. The van der Waals surface area contributed by atoms with Crippen LogP contribution in [0.2, 0.25) is 0 Å². The van der Waals surface area contributed by atoms with Gasteiger partial charge in [-0.2, -0.15) is 0 Å². The quantitative estimate of drug-likeness (QED) is 0.396. The molecule has 0 aliphatic carbocycles. The predicted octanol–water partition coefficient (Wildman–Crippen LogP) is 3.96. The van der Waals surface area contributed by atoms with E-state index in [0.717, 1.165) is 5.56 Å². The van der Waals surface area contributed by atoms with Crippen LogP contribution in [-0.2, 0) is 4.74 Å². The van der Waals surface area contributed by atoms with Crippen molar-refractivity contribution in [2.45, 2.75) is 19.8 Å². The summed E-state index contributed by atoms with van der Waals surface area (Å²) in [6.07, 6.45) is 0. The highest BCUT2D eigenvalue weighted by molar-refractivity contribution is 5.99. The molecular weight excluding hydrogens is 332 g/mol. The maximum absolute atomic E-state index is 12.2. The third-order valence-electron chi connectivity index (χ3n) is 4.10. The molecule has 1 heterocycles. The number of esters is 1. The van der Waals surface area contributed by atoms with Gasteiger partial charge in [-0.15, -0.1) is 0 Å². The fourth-order valence-electron chi connectivity index (χ4n) is 2.55. The summed E-state index contributed by atoms with van der Waals surface area (Å²) in [5.41, 5.74) is 0.935. The zero-order chi connectivity index (χ0) is 18.7. The molecule has 5 nitrogen and oxygen atoms in total. The molecule has 0 aliphatic heterocycles. The number of benzene rings is 2. The molecule has 2 aromatic carbocycles. The summed E-state index contributed by atoms with van der Waals surface area (Å²) < 4.78 is 10.1. The number of rotatable bonds is 5. The van der Waals surface area contributed by atoms with Crippen molar-refractivity contribution in [1.29, 1.82) is 0 Å². The van der Waals surface area contributed by atoms with Crippen LogP contribution in [0.4, 0.5) is 0 Å². The van der Waals surface area contributed by atoms with E-state index in [1.54, 1.807) is 36.4 Å². The Hall–Kier alpha value is -3.21. The maximum atomic E-state index is 12.2. The summed E-state index contributed by atoms with van der Waals surface area (Å²) in [5, 5.41) is 0.606. The molecule has 0 aliphatic rings. The molecule has 0 bridgehead atoms. The van der Waals surface area contributed by atoms with E-state index in [1.807, 2.05) is 12.1 Å². The van der Waals surface area contributed by atoms with Gasteiger partial charge in [0.2, 0.25) is 0 Å². The molecule has 3 aromatic rings. The zero-order valence-electron chi connectivity index (χ0n) is 14.5. The topological polar surface area (TPSA) is 73.6 Å². The molecule has 1 aromatic heterocycles. The van der Waals surface area contributed by atoms with Gasteiger partial charge in [0.25, 0.3) is 0 Å². The third kappa shape index (κ3) is 3.72. The van der Waals surface area contributed by atoms with E-state index in [0.29, 0.717) is 22.5 Å². The number of para-hydroxylation sites is 1. The van der Waals surface area contributed by atoms with Crippen molar-refractivity contribution in [3.8, 4) is 0 Å². The minimum absolute atomic E-state index is 0.230. The SMILES string of the molecule is CC(C)c1ccc(C(=O)COC(=O)c2cc3ccccc3oc2=O)cc1. The minimum Gasteiger partial charge on any atom is -0.453 e. The summed E-state index contributed by atoms with van der Waals surface area (Å²) in [5.74, 6) is -0.848. The summed E-state index contributed by atoms with van der Waals surface area (Å²) >= 11 is 0. The number of ether oxygens (including phenoxy) is 1. The van der Waals surface area contributed by atoms with E-state index in [4.69, 9.17) is 9.15 Å². The van der Waals surface area contributed by atoms with E-state index in [9.17, 15) is 14.4 Å².